The Hall–Kier alpha value is -1.46. The summed E-state index contributed by atoms with van der Waals surface area (Å²) in [7, 11) is 0. The molecule has 1 aromatic rings. The summed E-state index contributed by atoms with van der Waals surface area (Å²) in [5.74, 6) is -0.0878. The zero-order chi connectivity index (χ0) is 16.1. The number of piperazine rings is 1. The topological polar surface area (TPSA) is 79.6 Å². The van der Waals surface area contributed by atoms with E-state index in [-0.39, 0.29) is 12.0 Å². The molecular weight excluding hydrogens is 300 g/mol. The first-order chi connectivity index (χ1) is 10.5. The molecule has 0 radical (unpaired) electrons. The van der Waals surface area contributed by atoms with Gasteiger partial charge in [-0.15, -0.1) is 11.3 Å². The molecule has 0 bridgehead atoms. The Morgan fingerprint density at radius 1 is 1.64 bits per heavy atom. The second kappa shape index (κ2) is 7.70. The van der Waals surface area contributed by atoms with Gasteiger partial charge >= 0.3 is 0 Å². The van der Waals surface area contributed by atoms with Crippen LogP contribution in [0.1, 0.15) is 19.4 Å². The Balaban J connectivity index is 1.82. The van der Waals surface area contributed by atoms with Gasteiger partial charge in [-0.1, -0.05) is 0 Å². The Kier molecular flexibility index (Phi) is 5.91. The van der Waals surface area contributed by atoms with Crippen molar-refractivity contribution in [2.24, 2.45) is 0 Å². The maximum Gasteiger partial charge on any atom is 0.239 e. The summed E-state index contributed by atoms with van der Waals surface area (Å²) in [6, 6.07) is 4.09. The minimum absolute atomic E-state index is 0.0878. The fraction of sp³-hybridized carbons (Fsp3) is 0.600. The number of rotatable bonds is 5. The fourth-order valence-electron chi connectivity index (χ4n) is 2.69. The Labute approximate surface area is 134 Å². The standard InChI is InChI=1S/C15H22N4O2S/c1-11-8-18(4-5-19(11)9-12(2)20)10-14(21)17-15-13(7-16)3-6-22-15/h3,6,11-12,20H,4-5,8-10H2,1-2H3,(H,17,21)/t11-,12+/m0/s1. The van der Waals surface area contributed by atoms with Gasteiger partial charge in [0.1, 0.15) is 11.1 Å². The van der Waals surface area contributed by atoms with Crippen molar-refractivity contribution in [2.75, 3.05) is 38.0 Å². The summed E-state index contributed by atoms with van der Waals surface area (Å²) in [4.78, 5) is 16.5. The first-order valence-corrected chi connectivity index (χ1v) is 8.29. The molecule has 0 unspecified atom stereocenters. The summed E-state index contributed by atoms with van der Waals surface area (Å²) < 4.78 is 0. The van der Waals surface area contributed by atoms with Crippen molar-refractivity contribution in [3.63, 3.8) is 0 Å². The van der Waals surface area contributed by atoms with Crippen molar-refractivity contribution in [3.8, 4) is 6.07 Å². The summed E-state index contributed by atoms with van der Waals surface area (Å²) in [5, 5.41) is 23.7. The molecule has 0 aromatic carbocycles. The average Bonchev–Trinajstić information content (AvgIpc) is 2.88. The van der Waals surface area contributed by atoms with Gasteiger partial charge in [0, 0.05) is 32.2 Å². The van der Waals surface area contributed by atoms with Crippen LogP contribution in [0.15, 0.2) is 11.4 Å². The zero-order valence-corrected chi connectivity index (χ0v) is 13.8. The first-order valence-electron chi connectivity index (χ1n) is 7.41. The van der Waals surface area contributed by atoms with Crippen LogP contribution in [0.5, 0.6) is 0 Å². The highest BCUT2D eigenvalue weighted by Gasteiger charge is 2.25. The van der Waals surface area contributed by atoms with Gasteiger partial charge < -0.3 is 10.4 Å². The number of nitrogens with zero attached hydrogens (tertiary/aromatic N) is 3. The van der Waals surface area contributed by atoms with E-state index in [0.29, 0.717) is 29.7 Å². The molecule has 1 amide bonds. The van der Waals surface area contributed by atoms with Gasteiger partial charge in [-0.25, -0.2) is 0 Å². The molecular formula is C15H22N4O2S. The van der Waals surface area contributed by atoms with Gasteiger partial charge in [0.15, 0.2) is 0 Å². The number of aliphatic hydroxyl groups excluding tert-OH is 1. The second-order valence-corrected chi connectivity index (χ2v) is 6.67. The largest absolute Gasteiger partial charge is 0.392 e. The molecule has 1 fully saturated rings. The third kappa shape index (κ3) is 4.52. The van der Waals surface area contributed by atoms with E-state index in [1.807, 2.05) is 0 Å². The fourth-order valence-corrected chi connectivity index (χ4v) is 3.44. The average molecular weight is 322 g/mol. The predicted octanol–water partition coefficient (Wildman–Crippen LogP) is 0.945. The molecule has 1 aliphatic rings. The summed E-state index contributed by atoms with van der Waals surface area (Å²) in [6.45, 7) is 7.36. The van der Waals surface area contributed by atoms with Crippen molar-refractivity contribution in [2.45, 2.75) is 26.0 Å². The molecule has 120 valence electrons. The molecule has 7 heteroatoms. The third-order valence-corrected chi connectivity index (χ3v) is 4.58. The maximum atomic E-state index is 12.1. The Morgan fingerprint density at radius 2 is 2.41 bits per heavy atom. The summed E-state index contributed by atoms with van der Waals surface area (Å²) in [5.41, 5.74) is 0.508. The second-order valence-electron chi connectivity index (χ2n) is 5.75. The van der Waals surface area contributed by atoms with Crippen LogP contribution in [-0.2, 0) is 4.79 Å². The lowest BCUT2D eigenvalue weighted by Gasteiger charge is -2.40. The zero-order valence-electron chi connectivity index (χ0n) is 13.0. The number of aliphatic hydroxyl groups is 1. The molecule has 6 nitrogen and oxygen atoms in total. The van der Waals surface area contributed by atoms with Crippen molar-refractivity contribution in [3.05, 3.63) is 17.0 Å². The smallest absolute Gasteiger partial charge is 0.239 e. The third-order valence-electron chi connectivity index (χ3n) is 3.75. The number of thiophene rings is 1. The highest BCUT2D eigenvalue weighted by Crippen LogP contribution is 2.22. The van der Waals surface area contributed by atoms with E-state index in [1.54, 1.807) is 18.4 Å². The van der Waals surface area contributed by atoms with Gasteiger partial charge in [0.2, 0.25) is 5.91 Å². The number of nitriles is 1. The number of hydrogen-bond donors (Lipinski definition) is 2. The van der Waals surface area contributed by atoms with Gasteiger partial charge in [0.25, 0.3) is 0 Å². The van der Waals surface area contributed by atoms with Crippen molar-refractivity contribution >= 4 is 22.2 Å². The van der Waals surface area contributed by atoms with E-state index in [1.165, 1.54) is 11.3 Å². The molecule has 22 heavy (non-hydrogen) atoms. The number of hydrogen-bond acceptors (Lipinski definition) is 6. The lowest BCUT2D eigenvalue weighted by molar-refractivity contribution is -0.118. The van der Waals surface area contributed by atoms with Crippen LogP contribution in [0.25, 0.3) is 0 Å². The van der Waals surface area contributed by atoms with E-state index in [2.05, 4.69) is 28.1 Å². The van der Waals surface area contributed by atoms with Crippen LogP contribution in [-0.4, -0.2) is 65.7 Å². The van der Waals surface area contributed by atoms with Gasteiger partial charge in [-0.3, -0.25) is 14.6 Å². The molecule has 0 saturated carbocycles. The van der Waals surface area contributed by atoms with E-state index >= 15 is 0 Å². The first kappa shape index (κ1) is 16.9. The van der Waals surface area contributed by atoms with Gasteiger partial charge in [0.05, 0.1) is 18.2 Å². The molecule has 1 saturated heterocycles. The normalized spacial score (nSPS) is 21.3. The van der Waals surface area contributed by atoms with Crippen molar-refractivity contribution < 1.29 is 9.90 Å². The number of β-amino-alcohol motifs (C(OH)–C–C–N with tert-alkyl or cyclic N) is 1. The highest BCUT2D eigenvalue weighted by atomic mass is 32.1. The van der Waals surface area contributed by atoms with Crippen LogP contribution in [0.4, 0.5) is 5.00 Å². The van der Waals surface area contributed by atoms with Crippen LogP contribution in [0, 0.1) is 11.3 Å². The van der Waals surface area contributed by atoms with Crippen LogP contribution in [0.2, 0.25) is 0 Å². The molecule has 2 atom stereocenters. The minimum atomic E-state index is -0.333. The highest BCUT2D eigenvalue weighted by molar-refractivity contribution is 7.14. The summed E-state index contributed by atoms with van der Waals surface area (Å²) >= 11 is 1.36. The van der Waals surface area contributed by atoms with Crippen LogP contribution in [0.3, 0.4) is 0 Å². The number of carbonyl (C=O) groups excluding carboxylic acids is 1. The molecule has 1 aromatic heterocycles. The number of anilines is 1. The minimum Gasteiger partial charge on any atom is -0.392 e. The molecule has 2 rings (SSSR count). The SMILES string of the molecule is C[C@@H](O)CN1CCN(CC(=O)Nc2sccc2C#N)C[C@@H]1C. The number of amides is 1. The van der Waals surface area contributed by atoms with Crippen LogP contribution < -0.4 is 5.32 Å². The number of carbonyl (C=O) groups is 1. The monoisotopic (exact) mass is 322 g/mol. The quantitative estimate of drug-likeness (QED) is 0.843. The Morgan fingerprint density at radius 3 is 3.05 bits per heavy atom. The molecule has 1 aliphatic heterocycles. The molecule has 0 spiro atoms. The lowest BCUT2D eigenvalue weighted by Crippen LogP contribution is -2.54. The van der Waals surface area contributed by atoms with Crippen molar-refractivity contribution in [1.82, 2.24) is 9.80 Å². The maximum absolute atomic E-state index is 12.1. The molecule has 2 N–H and O–H groups in total. The number of nitrogens with one attached hydrogen (secondary N) is 1. The summed E-state index contributed by atoms with van der Waals surface area (Å²) in [6.07, 6.45) is -0.333. The lowest BCUT2D eigenvalue weighted by atomic mass is 10.1. The van der Waals surface area contributed by atoms with E-state index < -0.39 is 0 Å². The van der Waals surface area contributed by atoms with Gasteiger partial charge in [-0.05, 0) is 25.3 Å². The van der Waals surface area contributed by atoms with Gasteiger partial charge in [-0.2, -0.15) is 5.26 Å². The predicted molar refractivity (Wildman–Crippen MR) is 86.8 cm³/mol. The molecule has 0 aliphatic carbocycles. The van der Waals surface area contributed by atoms with E-state index in [0.717, 1.165) is 19.6 Å². The molecule has 2 heterocycles. The van der Waals surface area contributed by atoms with E-state index in [9.17, 15) is 9.90 Å². The van der Waals surface area contributed by atoms with E-state index in [4.69, 9.17) is 5.26 Å². The Bertz CT molecular complexity index is 552. The van der Waals surface area contributed by atoms with Crippen molar-refractivity contribution in [1.29, 1.82) is 5.26 Å². The van der Waals surface area contributed by atoms with Crippen LogP contribution >= 0.6 is 11.3 Å².